The fraction of sp³-hybridized carbons (Fsp3) is 0.526. The zero-order chi connectivity index (χ0) is 17.9. The molecule has 0 unspecified atom stereocenters. The third-order valence-corrected chi connectivity index (χ3v) is 6.48. The number of likely N-dealkylation sites (tertiary alicyclic amines) is 1. The lowest BCUT2D eigenvalue weighted by Crippen LogP contribution is -2.45. The van der Waals surface area contributed by atoms with Crippen molar-refractivity contribution in [1.29, 1.82) is 0 Å². The second kappa shape index (κ2) is 8.01. The number of rotatable bonds is 4. The number of nitrogens with zero attached hydrogens (tertiary/aromatic N) is 3. The molecule has 1 aromatic carbocycles. The number of hydrogen-bond donors (Lipinski definition) is 0. The SMILES string of the molecule is O=C(CSc1nnc(-c2cccc(Cl)c2)o1)N1CC[C@H]2CCCC[C@@H]2C1. The Morgan fingerprint density at radius 3 is 2.92 bits per heavy atom. The van der Waals surface area contributed by atoms with Crippen LogP contribution < -0.4 is 0 Å². The van der Waals surface area contributed by atoms with Crippen molar-refractivity contribution in [2.75, 3.05) is 18.8 Å². The van der Waals surface area contributed by atoms with E-state index in [0.717, 1.165) is 31.0 Å². The van der Waals surface area contributed by atoms with Gasteiger partial charge >= 0.3 is 0 Å². The number of piperidine rings is 1. The van der Waals surface area contributed by atoms with Gasteiger partial charge in [0.15, 0.2) is 0 Å². The molecular weight excluding hydrogens is 370 g/mol. The van der Waals surface area contributed by atoms with E-state index in [1.54, 1.807) is 12.1 Å². The molecule has 138 valence electrons. The molecule has 1 amide bonds. The molecule has 4 rings (SSSR count). The highest BCUT2D eigenvalue weighted by molar-refractivity contribution is 7.99. The molecule has 1 saturated heterocycles. The van der Waals surface area contributed by atoms with Crippen LogP contribution in [0, 0.1) is 11.8 Å². The average molecular weight is 392 g/mol. The van der Waals surface area contributed by atoms with Crippen molar-refractivity contribution in [2.45, 2.75) is 37.3 Å². The van der Waals surface area contributed by atoms with Gasteiger partial charge in [0.05, 0.1) is 5.75 Å². The Kier molecular flexibility index (Phi) is 5.50. The van der Waals surface area contributed by atoms with E-state index in [4.69, 9.17) is 16.0 Å². The normalized spacial score (nSPS) is 22.9. The maximum Gasteiger partial charge on any atom is 0.277 e. The molecule has 7 heteroatoms. The third-order valence-electron chi connectivity index (χ3n) is 5.44. The van der Waals surface area contributed by atoms with Gasteiger partial charge in [-0.1, -0.05) is 48.7 Å². The highest BCUT2D eigenvalue weighted by atomic mass is 35.5. The van der Waals surface area contributed by atoms with Crippen LogP contribution in [0.4, 0.5) is 0 Å². The van der Waals surface area contributed by atoms with E-state index in [9.17, 15) is 4.79 Å². The van der Waals surface area contributed by atoms with Crippen LogP contribution in [0.25, 0.3) is 11.5 Å². The summed E-state index contributed by atoms with van der Waals surface area (Å²) in [4.78, 5) is 14.6. The summed E-state index contributed by atoms with van der Waals surface area (Å²) in [5.74, 6) is 2.46. The van der Waals surface area contributed by atoms with E-state index < -0.39 is 0 Å². The van der Waals surface area contributed by atoms with Crippen LogP contribution in [0.15, 0.2) is 33.9 Å². The van der Waals surface area contributed by atoms with Crippen molar-refractivity contribution in [2.24, 2.45) is 11.8 Å². The molecule has 0 spiro atoms. The molecule has 2 aliphatic rings. The molecule has 2 aromatic rings. The van der Waals surface area contributed by atoms with Crippen LogP contribution in [0.2, 0.25) is 5.02 Å². The molecule has 26 heavy (non-hydrogen) atoms. The van der Waals surface area contributed by atoms with Gasteiger partial charge in [-0.25, -0.2) is 0 Å². The molecule has 2 heterocycles. The van der Waals surface area contributed by atoms with Crippen LogP contribution in [0.5, 0.6) is 0 Å². The number of carbonyl (C=O) groups excluding carboxylic acids is 1. The zero-order valence-electron chi connectivity index (χ0n) is 14.6. The number of thioether (sulfide) groups is 1. The molecule has 1 aromatic heterocycles. The molecule has 1 aliphatic carbocycles. The standard InChI is InChI=1S/C19H22ClN3O2S/c20-16-7-3-6-14(10-16)18-21-22-19(25-18)26-12-17(24)23-9-8-13-4-1-2-5-15(13)11-23/h3,6-7,10,13,15H,1-2,4-5,8-9,11-12H2/t13-,15-/m1/s1. The van der Waals surface area contributed by atoms with Crippen LogP contribution in [0.1, 0.15) is 32.1 Å². The van der Waals surface area contributed by atoms with E-state index in [1.807, 2.05) is 17.0 Å². The molecular formula is C19H22ClN3O2S. The van der Waals surface area contributed by atoms with Gasteiger partial charge in [0.2, 0.25) is 11.8 Å². The minimum Gasteiger partial charge on any atom is -0.411 e. The molecule has 0 N–H and O–H groups in total. The Morgan fingerprint density at radius 1 is 1.23 bits per heavy atom. The Hall–Kier alpha value is -1.53. The fourth-order valence-corrected chi connectivity index (χ4v) is 4.90. The topological polar surface area (TPSA) is 59.2 Å². The van der Waals surface area contributed by atoms with E-state index in [0.29, 0.717) is 27.8 Å². The summed E-state index contributed by atoms with van der Waals surface area (Å²) in [5, 5.41) is 9.13. The Bertz CT molecular complexity index is 782. The highest BCUT2D eigenvalue weighted by Gasteiger charge is 2.32. The average Bonchev–Trinajstić information content (AvgIpc) is 3.15. The van der Waals surface area contributed by atoms with Gasteiger partial charge in [-0.2, -0.15) is 0 Å². The maximum atomic E-state index is 12.6. The van der Waals surface area contributed by atoms with Gasteiger partial charge in [-0.15, -0.1) is 10.2 Å². The summed E-state index contributed by atoms with van der Waals surface area (Å²) in [7, 11) is 0. The lowest BCUT2D eigenvalue weighted by atomic mass is 9.75. The summed E-state index contributed by atoms with van der Waals surface area (Å²) in [6, 6.07) is 7.29. The van der Waals surface area contributed by atoms with Crippen molar-refractivity contribution in [1.82, 2.24) is 15.1 Å². The lowest BCUT2D eigenvalue weighted by molar-refractivity contribution is -0.131. The monoisotopic (exact) mass is 391 g/mol. The minimum atomic E-state index is 0.168. The first-order valence-corrected chi connectivity index (χ1v) is 10.6. The van der Waals surface area contributed by atoms with E-state index in [1.165, 1.54) is 37.4 Å². The highest BCUT2D eigenvalue weighted by Crippen LogP contribution is 2.36. The van der Waals surface area contributed by atoms with Crippen LogP contribution in [0.3, 0.4) is 0 Å². The summed E-state index contributed by atoms with van der Waals surface area (Å²) < 4.78 is 5.66. The predicted molar refractivity (Wildman–Crippen MR) is 102 cm³/mol. The number of benzene rings is 1. The first-order valence-electron chi connectivity index (χ1n) is 9.19. The van der Waals surface area contributed by atoms with Gasteiger partial charge in [-0.05, 0) is 42.9 Å². The summed E-state index contributed by atoms with van der Waals surface area (Å²) in [5.41, 5.74) is 0.780. The molecule has 2 atom stereocenters. The lowest BCUT2D eigenvalue weighted by Gasteiger charge is -2.41. The number of fused-ring (bicyclic) bond motifs is 1. The smallest absolute Gasteiger partial charge is 0.277 e. The van der Waals surface area contributed by atoms with Gasteiger partial charge < -0.3 is 9.32 Å². The van der Waals surface area contributed by atoms with Gasteiger partial charge in [0.25, 0.3) is 5.22 Å². The van der Waals surface area contributed by atoms with Gasteiger partial charge in [-0.3, -0.25) is 4.79 Å². The third kappa shape index (κ3) is 4.07. The molecule has 1 saturated carbocycles. The number of aromatic nitrogens is 2. The summed E-state index contributed by atoms with van der Waals surface area (Å²) in [6.07, 6.45) is 6.44. The number of amides is 1. The van der Waals surface area contributed by atoms with Gasteiger partial charge in [0.1, 0.15) is 0 Å². The largest absolute Gasteiger partial charge is 0.411 e. The van der Waals surface area contributed by atoms with Crippen LogP contribution >= 0.6 is 23.4 Å². The first-order chi connectivity index (χ1) is 12.7. The Labute approximate surface area is 162 Å². The van der Waals surface area contributed by atoms with Crippen LogP contribution in [-0.4, -0.2) is 39.8 Å². The quantitative estimate of drug-likeness (QED) is 0.717. The Balaban J connectivity index is 1.32. The molecule has 5 nitrogen and oxygen atoms in total. The second-order valence-corrected chi connectivity index (χ2v) is 8.47. The fourth-order valence-electron chi connectivity index (χ4n) is 4.05. The van der Waals surface area contributed by atoms with Crippen molar-refractivity contribution in [3.05, 3.63) is 29.3 Å². The maximum absolute atomic E-state index is 12.6. The molecule has 0 radical (unpaired) electrons. The zero-order valence-corrected chi connectivity index (χ0v) is 16.1. The van der Waals surface area contributed by atoms with Crippen molar-refractivity contribution in [3.8, 4) is 11.5 Å². The van der Waals surface area contributed by atoms with Crippen molar-refractivity contribution < 1.29 is 9.21 Å². The number of halogens is 1. The predicted octanol–water partition coefficient (Wildman–Crippen LogP) is 4.52. The second-order valence-electron chi connectivity index (χ2n) is 7.11. The Morgan fingerprint density at radius 2 is 2.08 bits per heavy atom. The number of hydrogen-bond acceptors (Lipinski definition) is 5. The summed E-state index contributed by atoms with van der Waals surface area (Å²) in [6.45, 7) is 1.81. The summed E-state index contributed by atoms with van der Waals surface area (Å²) >= 11 is 7.30. The van der Waals surface area contributed by atoms with E-state index in [2.05, 4.69) is 10.2 Å². The van der Waals surface area contributed by atoms with Gasteiger partial charge in [0, 0.05) is 23.7 Å². The first kappa shape index (κ1) is 17.9. The van der Waals surface area contributed by atoms with E-state index >= 15 is 0 Å². The molecule has 0 bridgehead atoms. The van der Waals surface area contributed by atoms with Crippen molar-refractivity contribution in [3.63, 3.8) is 0 Å². The molecule has 1 aliphatic heterocycles. The minimum absolute atomic E-state index is 0.168. The van der Waals surface area contributed by atoms with Crippen molar-refractivity contribution >= 4 is 29.3 Å². The number of carbonyl (C=O) groups is 1. The van der Waals surface area contributed by atoms with E-state index in [-0.39, 0.29) is 5.91 Å². The van der Waals surface area contributed by atoms with Crippen LogP contribution in [-0.2, 0) is 4.79 Å². The molecule has 2 fully saturated rings.